The zero-order valence-corrected chi connectivity index (χ0v) is 14.2. The molecule has 1 amide bonds. The van der Waals surface area contributed by atoms with E-state index in [0.717, 1.165) is 17.1 Å². The Hall–Kier alpha value is -1.57. The van der Waals surface area contributed by atoms with E-state index < -0.39 is 6.04 Å². The zero-order chi connectivity index (χ0) is 15.2. The second kappa shape index (κ2) is 8.77. The number of aryl methyl sites for hydroxylation is 1. The second-order valence-corrected chi connectivity index (χ2v) is 5.71. The summed E-state index contributed by atoms with van der Waals surface area (Å²) < 4.78 is 1.82. The molecule has 1 aromatic heterocycles. The molecule has 0 fully saturated rings. The summed E-state index contributed by atoms with van der Waals surface area (Å²) in [6, 6.07) is 7.00. The molecular weight excluding hydrogens is 322 g/mol. The highest BCUT2D eigenvalue weighted by Crippen LogP contribution is 2.20. The lowest BCUT2D eigenvalue weighted by atomic mass is 10.1. The molecule has 3 N–H and O–H groups in total. The van der Waals surface area contributed by atoms with Crippen molar-refractivity contribution in [1.29, 1.82) is 0 Å². The summed E-state index contributed by atoms with van der Waals surface area (Å²) in [5, 5.41) is 10.8. The van der Waals surface area contributed by atoms with Gasteiger partial charge in [-0.15, -0.1) is 22.6 Å². The van der Waals surface area contributed by atoms with Crippen molar-refractivity contribution in [3.05, 3.63) is 30.6 Å². The molecule has 0 saturated carbocycles. The van der Waals surface area contributed by atoms with E-state index >= 15 is 0 Å². The van der Waals surface area contributed by atoms with Crippen LogP contribution in [0.1, 0.15) is 6.42 Å². The van der Waals surface area contributed by atoms with Crippen molar-refractivity contribution in [1.82, 2.24) is 14.8 Å². The van der Waals surface area contributed by atoms with Gasteiger partial charge in [0.15, 0.2) is 5.82 Å². The van der Waals surface area contributed by atoms with Gasteiger partial charge in [0.2, 0.25) is 5.91 Å². The molecule has 0 aliphatic rings. The number of anilines is 1. The summed E-state index contributed by atoms with van der Waals surface area (Å²) in [6.07, 6.45) is 4.30. The molecule has 0 aliphatic carbocycles. The number of thioether (sulfide) groups is 1. The van der Waals surface area contributed by atoms with Gasteiger partial charge >= 0.3 is 0 Å². The summed E-state index contributed by atoms with van der Waals surface area (Å²) >= 11 is 1.68. The molecule has 120 valence electrons. The SMILES string of the molecule is CSCC[C@H](N)C(=O)Nc1cccc(-c2nncn2C)c1.Cl. The van der Waals surface area contributed by atoms with Crippen molar-refractivity contribution < 1.29 is 4.79 Å². The van der Waals surface area contributed by atoms with Crippen LogP contribution < -0.4 is 11.1 Å². The Labute approximate surface area is 140 Å². The van der Waals surface area contributed by atoms with E-state index in [1.54, 1.807) is 18.1 Å². The molecular formula is C14H20ClN5OS. The van der Waals surface area contributed by atoms with E-state index in [1.807, 2.05) is 42.1 Å². The Morgan fingerprint density at radius 3 is 2.91 bits per heavy atom. The van der Waals surface area contributed by atoms with Crippen LogP contribution in [-0.4, -0.2) is 38.7 Å². The maximum Gasteiger partial charge on any atom is 0.241 e. The number of carbonyl (C=O) groups is 1. The third-order valence-corrected chi connectivity index (χ3v) is 3.71. The minimum Gasteiger partial charge on any atom is -0.325 e. The first-order valence-electron chi connectivity index (χ1n) is 6.61. The fourth-order valence-corrected chi connectivity index (χ4v) is 2.38. The van der Waals surface area contributed by atoms with E-state index in [-0.39, 0.29) is 18.3 Å². The lowest BCUT2D eigenvalue weighted by Gasteiger charge is -2.12. The molecule has 1 heterocycles. The quantitative estimate of drug-likeness (QED) is 0.838. The van der Waals surface area contributed by atoms with Crippen LogP contribution in [-0.2, 0) is 11.8 Å². The van der Waals surface area contributed by atoms with Gasteiger partial charge in [-0.05, 0) is 30.6 Å². The monoisotopic (exact) mass is 341 g/mol. The van der Waals surface area contributed by atoms with Gasteiger partial charge in [0, 0.05) is 18.3 Å². The lowest BCUT2D eigenvalue weighted by molar-refractivity contribution is -0.117. The van der Waals surface area contributed by atoms with Gasteiger partial charge < -0.3 is 15.6 Å². The third-order valence-electron chi connectivity index (χ3n) is 3.07. The van der Waals surface area contributed by atoms with Crippen LogP contribution >= 0.6 is 24.2 Å². The van der Waals surface area contributed by atoms with E-state index in [0.29, 0.717) is 12.1 Å². The number of carbonyl (C=O) groups excluding carboxylic acids is 1. The highest BCUT2D eigenvalue weighted by molar-refractivity contribution is 7.98. The lowest BCUT2D eigenvalue weighted by Crippen LogP contribution is -2.36. The van der Waals surface area contributed by atoms with Crippen molar-refractivity contribution in [3.8, 4) is 11.4 Å². The van der Waals surface area contributed by atoms with Crippen LogP contribution in [0.5, 0.6) is 0 Å². The summed E-state index contributed by atoms with van der Waals surface area (Å²) in [5.41, 5.74) is 7.46. The normalized spacial score (nSPS) is 11.6. The minimum atomic E-state index is -0.490. The predicted molar refractivity (Wildman–Crippen MR) is 93.3 cm³/mol. The van der Waals surface area contributed by atoms with Gasteiger partial charge in [-0.2, -0.15) is 11.8 Å². The molecule has 0 saturated heterocycles. The van der Waals surface area contributed by atoms with Crippen LogP contribution in [0.25, 0.3) is 11.4 Å². The van der Waals surface area contributed by atoms with Crippen LogP contribution in [0.3, 0.4) is 0 Å². The average Bonchev–Trinajstić information content (AvgIpc) is 2.91. The van der Waals surface area contributed by atoms with Crippen LogP contribution in [0.4, 0.5) is 5.69 Å². The molecule has 0 radical (unpaired) electrons. The Kier molecular flexibility index (Phi) is 7.37. The topological polar surface area (TPSA) is 85.8 Å². The summed E-state index contributed by atoms with van der Waals surface area (Å²) in [4.78, 5) is 12.0. The highest BCUT2D eigenvalue weighted by atomic mass is 35.5. The Morgan fingerprint density at radius 2 is 2.27 bits per heavy atom. The Balaban J connectivity index is 0.00000242. The second-order valence-electron chi connectivity index (χ2n) is 4.72. The van der Waals surface area contributed by atoms with Crippen LogP contribution in [0.2, 0.25) is 0 Å². The van der Waals surface area contributed by atoms with E-state index in [2.05, 4.69) is 15.5 Å². The summed E-state index contributed by atoms with van der Waals surface area (Å²) in [6.45, 7) is 0. The predicted octanol–water partition coefficient (Wildman–Crippen LogP) is 1.92. The molecule has 6 nitrogen and oxygen atoms in total. The van der Waals surface area contributed by atoms with Gasteiger partial charge in [0.25, 0.3) is 0 Å². The molecule has 0 spiro atoms. The van der Waals surface area contributed by atoms with E-state index in [1.165, 1.54) is 0 Å². The van der Waals surface area contributed by atoms with Crippen LogP contribution in [0, 0.1) is 0 Å². The van der Waals surface area contributed by atoms with Crippen molar-refractivity contribution in [3.63, 3.8) is 0 Å². The smallest absolute Gasteiger partial charge is 0.241 e. The van der Waals surface area contributed by atoms with E-state index in [9.17, 15) is 4.79 Å². The van der Waals surface area contributed by atoms with Crippen LogP contribution in [0.15, 0.2) is 30.6 Å². The molecule has 0 unspecified atom stereocenters. The zero-order valence-electron chi connectivity index (χ0n) is 12.5. The first-order chi connectivity index (χ1) is 10.1. The molecule has 1 aromatic carbocycles. The number of halogens is 1. The number of nitrogens with one attached hydrogen (secondary N) is 1. The first kappa shape index (κ1) is 18.5. The molecule has 0 aliphatic heterocycles. The van der Waals surface area contributed by atoms with Gasteiger partial charge in [0.05, 0.1) is 6.04 Å². The molecule has 0 bridgehead atoms. The minimum absolute atomic E-state index is 0. The fraction of sp³-hybridized carbons (Fsp3) is 0.357. The maximum atomic E-state index is 12.0. The third kappa shape index (κ3) is 4.72. The molecule has 2 rings (SSSR count). The molecule has 2 aromatic rings. The highest BCUT2D eigenvalue weighted by Gasteiger charge is 2.13. The number of aromatic nitrogens is 3. The molecule has 1 atom stereocenters. The largest absolute Gasteiger partial charge is 0.325 e. The summed E-state index contributed by atoms with van der Waals surface area (Å²) in [5.74, 6) is 1.45. The fourth-order valence-electron chi connectivity index (χ4n) is 1.89. The number of nitrogens with zero attached hydrogens (tertiary/aromatic N) is 3. The summed E-state index contributed by atoms with van der Waals surface area (Å²) in [7, 11) is 1.87. The standard InChI is InChI=1S/C14H19N5OS.ClH/c1-19-9-16-18-13(19)10-4-3-5-11(8-10)17-14(20)12(15)6-7-21-2;/h3-5,8-9,12H,6-7,15H2,1-2H3,(H,17,20);1H/t12-;/m0./s1. The van der Waals surface area contributed by atoms with Gasteiger partial charge in [-0.1, -0.05) is 12.1 Å². The number of rotatable bonds is 6. The number of hydrogen-bond acceptors (Lipinski definition) is 5. The molecule has 22 heavy (non-hydrogen) atoms. The van der Waals surface area contributed by atoms with Crippen molar-refractivity contribution >= 4 is 35.8 Å². The number of amides is 1. The number of nitrogens with two attached hydrogens (primary N) is 1. The van der Waals surface area contributed by atoms with E-state index in [4.69, 9.17) is 5.73 Å². The van der Waals surface area contributed by atoms with Crippen molar-refractivity contribution in [2.45, 2.75) is 12.5 Å². The Morgan fingerprint density at radius 1 is 1.50 bits per heavy atom. The van der Waals surface area contributed by atoms with Gasteiger partial charge in [-0.3, -0.25) is 4.79 Å². The van der Waals surface area contributed by atoms with Gasteiger partial charge in [0.1, 0.15) is 6.33 Å². The maximum absolute atomic E-state index is 12.0. The number of benzene rings is 1. The van der Waals surface area contributed by atoms with Crippen molar-refractivity contribution in [2.24, 2.45) is 12.8 Å². The Bertz CT molecular complexity index is 619. The average molecular weight is 342 g/mol. The number of hydrogen-bond donors (Lipinski definition) is 2. The van der Waals surface area contributed by atoms with Crippen molar-refractivity contribution in [2.75, 3.05) is 17.3 Å². The molecule has 8 heteroatoms. The first-order valence-corrected chi connectivity index (χ1v) is 8.01. The van der Waals surface area contributed by atoms with Gasteiger partial charge in [-0.25, -0.2) is 0 Å².